The zero-order valence-electron chi connectivity index (χ0n) is 21.0. The number of rotatable bonds is 4. The Balaban J connectivity index is 1.23. The molecule has 0 bridgehead atoms. The average molecular weight is 502 g/mol. The maximum Gasteiger partial charge on any atom is 0.257 e. The monoisotopic (exact) mass is 501 g/mol. The summed E-state index contributed by atoms with van der Waals surface area (Å²) in [6.45, 7) is 7.73. The van der Waals surface area contributed by atoms with Crippen molar-refractivity contribution in [1.29, 1.82) is 0 Å². The number of anilines is 1. The van der Waals surface area contributed by atoms with Gasteiger partial charge in [0.05, 0.1) is 16.8 Å². The van der Waals surface area contributed by atoms with E-state index in [0.717, 1.165) is 5.69 Å². The SMILES string of the molecule is Cc1cc(C(C)(C)O)nc(N2CC3CN(C(=O)c4c(F)cccc4-c4nc5ccccc5o4)CC3C2)n1. The quantitative estimate of drug-likeness (QED) is 0.448. The Morgan fingerprint density at radius 1 is 1.03 bits per heavy atom. The number of amides is 1. The summed E-state index contributed by atoms with van der Waals surface area (Å²) in [6.07, 6.45) is 0. The lowest BCUT2D eigenvalue weighted by molar-refractivity contribution is 0.0735. The molecule has 1 N–H and O–H groups in total. The van der Waals surface area contributed by atoms with E-state index < -0.39 is 11.4 Å². The van der Waals surface area contributed by atoms with Crippen LogP contribution < -0.4 is 4.90 Å². The van der Waals surface area contributed by atoms with Gasteiger partial charge < -0.3 is 19.3 Å². The third-order valence-electron chi connectivity index (χ3n) is 7.28. The van der Waals surface area contributed by atoms with E-state index in [1.54, 1.807) is 43.0 Å². The van der Waals surface area contributed by atoms with Crippen LogP contribution in [0.15, 0.2) is 52.9 Å². The summed E-state index contributed by atoms with van der Waals surface area (Å²) < 4.78 is 20.9. The molecule has 2 unspecified atom stereocenters. The Bertz CT molecular complexity index is 1460. The Labute approximate surface area is 213 Å². The molecule has 2 aliphatic rings. The molecule has 37 heavy (non-hydrogen) atoms. The van der Waals surface area contributed by atoms with E-state index in [1.165, 1.54) is 6.07 Å². The number of aliphatic hydroxyl groups is 1. The summed E-state index contributed by atoms with van der Waals surface area (Å²) in [6, 6.07) is 13.6. The van der Waals surface area contributed by atoms with Gasteiger partial charge in [-0.25, -0.2) is 19.3 Å². The first-order chi connectivity index (χ1) is 17.7. The number of halogens is 1. The number of hydrogen-bond donors (Lipinski definition) is 1. The number of oxazole rings is 1. The smallest absolute Gasteiger partial charge is 0.257 e. The number of para-hydroxylation sites is 2. The number of hydrogen-bond acceptors (Lipinski definition) is 7. The zero-order chi connectivity index (χ0) is 25.9. The minimum atomic E-state index is -1.06. The van der Waals surface area contributed by atoms with Gasteiger partial charge in [0.15, 0.2) is 5.58 Å². The molecule has 2 atom stereocenters. The third kappa shape index (κ3) is 4.23. The van der Waals surface area contributed by atoms with Crippen molar-refractivity contribution < 1.29 is 18.7 Å². The first kappa shape index (κ1) is 23.5. The Kier molecular flexibility index (Phi) is 5.49. The molecule has 2 saturated heterocycles. The van der Waals surface area contributed by atoms with Gasteiger partial charge >= 0.3 is 0 Å². The number of likely N-dealkylation sites (tertiary alicyclic amines) is 1. The van der Waals surface area contributed by atoms with Crippen molar-refractivity contribution in [3.05, 3.63) is 71.3 Å². The number of carbonyl (C=O) groups excluding carboxylic acids is 1. The standard InChI is InChI=1S/C28H28FN5O3/c1-16-11-23(28(2,3)36)32-27(30-16)34-14-17-12-33(13-18(17)15-34)26(35)24-19(7-6-8-20(24)29)25-31-21-9-4-5-10-22(21)37-25/h4-11,17-18,36H,12-15H2,1-3H3. The Hall–Kier alpha value is -3.85. The molecule has 2 aromatic heterocycles. The van der Waals surface area contributed by atoms with Gasteiger partial charge in [0, 0.05) is 43.7 Å². The third-order valence-corrected chi connectivity index (χ3v) is 7.28. The number of aryl methyl sites for hydroxylation is 1. The van der Waals surface area contributed by atoms with Crippen LogP contribution in [0.25, 0.3) is 22.6 Å². The van der Waals surface area contributed by atoms with Gasteiger partial charge in [-0.05, 0) is 51.1 Å². The highest BCUT2D eigenvalue weighted by molar-refractivity contribution is 6.00. The normalized spacial score (nSPS) is 19.6. The minimum absolute atomic E-state index is 0.0114. The second-order valence-electron chi connectivity index (χ2n) is 10.5. The van der Waals surface area contributed by atoms with Crippen LogP contribution in [0.3, 0.4) is 0 Å². The van der Waals surface area contributed by atoms with Crippen molar-refractivity contribution in [2.45, 2.75) is 26.4 Å². The van der Waals surface area contributed by atoms with Gasteiger partial charge in [-0.1, -0.05) is 18.2 Å². The number of fused-ring (bicyclic) bond motifs is 2. The van der Waals surface area contributed by atoms with E-state index in [0.29, 0.717) is 54.5 Å². The van der Waals surface area contributed by atoms with E-state index in [4.69, 9.17) is 4.42 Å². The molecule has 4 aromatic rings. The zero-order valence-corrected chi connectivity index (χ0v) is 21.0. The number of nitrogens with zero attached hydrogens (tertiary/aromatic N) is 5. The van der Waals surface area contributed by atoms with Crippen molar-refractivity contribution in [2.24, 2.45) is 11.8 Å². The lowest BCUT2D eigenvalue weighted by Gasteiger charge is -2.24. The largest absolute Gasteiger partial charge is 0.436 e. The molecule has 2 aliphatic heterocycles. The van der Waals surface area contributed by atoms with Gasteiger partial charge in [-0.3, -0.25) is 4.79 Å². The van der Waals surface area contributed by atoms with Crippen LogP contribution in [0.1, 0.15) is 35.6 Å². The van der Waals surface area contributed by atoms with Crippen molar-refractivity contribution in [1.82, 2.24) is 19.9 Å². The molecule has 9 heteroatoms. The molecule has 0 spiro atoms. The molecule has 2 fully saturated rings. The molecular weight excluding hydrogens is 473 g/mol. The summed E-state index contributed by atoms with van der Waals surface area (Å²) >= 11 is 0. The molecule has 190 valence electrons. The molecule has 1 amide bonds. The molecule has 8 nitrogen and oxygen atoms in total. The van der Waals surface area contributed by atoms with Crippen LogP contribution in [0.4, 0.5) is 10.3 Å². The second kappa shape index (κ2) is 8.62. The average Bonchev–Trinajstić information content (AvgIpc) is 3.55. The first-order valence-corrected chi connectivity index (χ1v) is 12.4. The van der Waals surface area contributed by atoms with E-state index in [9.17, 15) is 9.90 Å². The maximum absolute atomic E-state index is 15.1. The van der Waals surface area contributed by atoms with Crippen LogP contribution in [0.5, 0.6) is 0 Å². The van der Waals surface area contributed by atoms with Gasteiger partial charge in [-0.2, -0.15) is 0 Å². The van der Waals surface area contributed by atoms with Crippen molar-refractivity contribution in [3.63, 3.8) is 0 Å². The van der Waals surface area contributed by atoms with Crippen LogP contribution in [-0.2, 0) is 5.60 Å². The van der Waals surface area contributed by atoms with Gasteiger partial charge in [-0.15, -0.1) is 0 Å². The summed E-state index contributed by atoms with van der Waals surface area (Å²) in [5.41, 5.74) is 1.89. The fraction of sp³-hybridized carbons (Fsp3) is 0.357. The fourth-order valence-corrected chi connectivity index (χ4v) is 5.40. The van der Waals surface area contributed by atoms with Crippen LogP contribution in [0, 0.1) is 24.6 Å². The molecular formula is C28H28FN5O3. The summed E-state index contributed by atoms with van der Waals surface area (Å²) in [7, 11) is 0. The molecule has 6 rings (SSSR count). The fourth-order valence-electron chi connectivity index (χ4n) is 5.40. The number of benzene rings is 2. The summed E-state index contributed by atoms with van der Waals surface area (Å²) in [5, 5.41) is 10.4. The summed E-state index contributed by atoms with van der Waals surface area (Å²) in [5.74, 6) is 0.324. The first-order valence-electron chi connectivity index (χ1n) is 12.4. The highest BCUT2D eigenvalue weighted by Crippen LogP contribution is 2.36. The predicted octanol–water partition coefficient (Wildman–Crippen LogP) is 4.17. The van der Waals surface area contributed by atoms with E-state index in [1.807, 2.05) is 25.1 Å². The van der Waals surface area contributed by atoms with E-state index in [-0.39, 0.29) is 29.2 Å². The van der Waals surface area contributed by atoms with Crippen molar-refractivity contribution in [3.8, 4) is 11.5 Å². The molecule has 0 aliphatic carbocycles. The van der Waals surface area contributed by atoms with Gasteiger partial charge in [0.2, 0.25) is 11.8 Å². The van der Waals surface area contributed by atoms with E-state index >= 15 is 4.39 Å². The van der Waals surface area contributed by atoms with Gasteiger partial charge in [0.25, 0.3) is 5.91 Å². The molecule has 0 saturated carbocycles. The maximum atomic E-state index is 15.1. The Morgan fingerprint density at radius 3 is 2.46 bits per heavy atom. The highest BCUT2D eigenvalue weighted by Gasteiger charge is 2.43. The van der Waals surface area contributed by atoms with Crippen molar-refractivity contribution in [2.75, 3.05) is 31.1 Å². The topological polar surface area (TPSA) is 95.6 Å². The molecule has 2 aromatic carbocycles. The van der Waals surface area contributed by atoms with Crippen LogP contribution in [0.2, 0.25) is 0 Å². The van der Waals surface area contributed by atoms with E-state index in [2.05, 4.69) is 19.9 Å². The second-order valence-corrected chi connectivity index (χ2v) is 10.5. The summed E-state index contributed by atoms with van der Waals surface area (Å²) in [4.78, 5) is 31.1. The lowest BCUT2D eigenvalue weighted by atomic mass is 10.0. The number of aromatic nitrogens is 3. The van der Waals surface area contributed by atoms with Crippen LogP contribution >= 0.6 is 0 Å². The molecule has 0 radical (unpaired) electrons. The van der Waals surface area contributed by atoms with Crippen molar-refractivity contribution >= 4 is 23.0 Å². The highest BCUT2D eigenvalue weighted by atomic mass is 19.1. The van der Waals surface area contributed by atoms with Gasteiger partial charge in [0.1, 0.15) is 16.9 Å². The lowest BCUT2D eigenvalue weighted by Crippen LogP contribution is -2.34. The molecule has 4 heterocycles. The van der Waals surface area contributed by atoms with Crippen LogP contribution in [-0.4, -0.2) is 57.0 Å². The predicted molar refractivity (Wildman–Crippen MR) is 137 cm³/mol. The minimum Gasteiger partial charge on any atom is -0.436 e. The number of carbonyl (C=O) groups is 1. The Morgan fingerprint density at radius 2 is 1.76 bits per heavy atom.